The summed E-state index contributed by atoms with van der Waals surface area (Å²) in [5.41, 5.74) is 1.01. The van der Waals surface area contributed by atoms with Gasteiger partial charge in [-0.3, -0.25) is 0 Å². The highest BCUT2D eigenvalue weighted by Crippen LogP contribution is 2.45. The van der Waals surface area contributed by atoms with E-state index in [9.17, 15) is 4.79 Å². The van der Waals surface area contributed by atoms with E-state index in [1.165, 1.54) is 25.1 Å². The minimum Gasteiger partial charge on any atom is -0.421 e. The molecule has 0 fully saturated rings. The number of hydrogen-bond donors (Lipinski definition) is 0. The molecule has 120 valence electrons. The molecule has 0 atom stereocenters. The lowest BCUT2D eigenvalue weighted by Gasteiger charge is -2.15. The first-order valence-corrected chi connectivity index (χ1v) is 8.11. The molecule has 0 aromatic heterocycles. The second-order valence-corrected chi connectivity index (χ2v) is 6.77. The topological polar surface area (TPSA) is 26.3 Å². The molecule has 0 aliphatic rings. The number of rotatable bonds is 3. The number of ether oxygens (including phenoxy) is 1. The number of carbonyl (C=O) groups excluding carboxylic acids is 1. The molecule has 0 saturated carbocycles. The Balaban J connectivity index is 2.72. The van der Waals surface area contributed by atoms with Crippen LogP contribution in [0.15, 0.2) is 36.4 Å². The molecule has 0 N–H and O–H groups in total. The van der Waals surface area contributed by atoms with Crippen molar-refractivity contribution in [2.45, 2.75) is 6.92 Å². The Bertz CT molecular complexity index is 791. The van der Waals surface area contributed by atoms with Crippen molar-refractivity contribution in [3.63, 3.8) is 0 Å². The first-order chi connectivity index (χ1) is 10.7. The van der Waals surface area contributed by atoms with E-state index in [-0.39, 0.29) is 26.4 Å². The second kappa shape index (κ2) is 7.33. The fourth-order valence-corrected chi connectivity index (χ4v) is 3.38. The van der Waals surface area contributed by atoms with Gasteiger partial charge in [0, 0.05) is 26.7 Å². The van der Waals surface area contributed by atoms with Gasteiger partial charge in [-0.1, -0.05) is 64.6 Å². The van der Waals surface area contributed by atoms with E-state index < -0.39 is 5.97 Å². The fraction of sp³-hybridized carbons (Fsp3) is 0.0625. The Hall–Kier alpha value is -0.900. The zero-order chi connectivity index (χ0) is 17.3. The van der Waals surface area contributed by atoms with Crippen molar-refractivity contribution in [1.29, 1.82) is 0 Å². The number of benzene rings is 2. The monoisotopic (exact) mass is 408 g/mol. The molecule has 0 saturated heterocycles. The fourth-order valence-electron chi connectivity index (χ4n) is 1.83. The largest absolute Gasteiger partial charge is 0.421 e. The molecule has 7 heteroatoms. The number of carbonyl (C=O) groups is 1. The van der Waals surface area contributed by atoms with Crippen LogP contribution in [0.4, 0.5) is 0 Å². The summed E-state index contributed by atoms with van der Waals surface area (Å²) in [5, 5.41) is 1.39. The predicted molar refractivity (Wildman–Crippen MR) is 97.4 cm³/mol. The quantitative estimate of drug-likeness (QED) is 0.306. The van der Waals surface area contributed by atoms with Crippen molar-refractivity contribution in [2.24, 2.45) is 0 Å². The molecule has 0 unspecified atom stereocenters. The van der Waals surface area contributed by atoms with Gasteiger partial charge in [0.15, 0.2) is 5.75 Å². The van der Waals surface area contributed by atoms with E-state index in [0.717, 1.165) is 0 Å². The highest BCUT2D eigenvalue weighted by molar-refractivity contribution is 6.42. The van der Waals surface area contributed by atoms with E-state index in [4.69, 9.17) is 62.7 Å². The van der Waals surface area contributed by atoms with Crippen LogP contribution in [0, 0.1) is 0 Å². The van der Waals surface area contributed by atoms with Crippen molar-refractivity contribution >= 4 is 64.0 Å². The van der Waals surface area contributed by atoms with Gasteiger partial charge in [0.25, 0.3) is 0 Å². The Morgan fingerprint density at radius 3 is 1.91 bits per heavy atom. The molecule has 0 aliphatic heterocycles. The molecule has 0 spiro atoms. The van der Waals surface area contributed by atoms with Crippen LogP contribution in [0.2, 0.25) is 25.1 Å². The number of halogens is 5. The van der Waals surface area contributed by atoms with Gasteiger partial charge in [-0.05, 0) is 31.2 Å². The van der Waals surface area contributed by atoms with E-state index in [2.05, 4.69) is 6.58 Å². The Kier molecular flexibility index (Phi) is 5.88. The maximum absolute atomic E-state index is 11.9. The minimum atomic E-state index is -0.628. The van der Waals surface area contributed by atoms with Crippen LogP contribution in [-0.4, -0.2) is 5.97 Å². The summed E-state index contributed by atoms with van der Waals surface area (Å²) in [5.74, 6) is -0.535. The molecular weight excluding hydrogens is 401 g/mol. The van der Waals surface area contributed by atoms with Gasteiger partial charge >= 0.3 is 5.97 Å². The van der Waals surface area contributed by atoms with Crippen molar-refractivity contribution in [3.05, 3.63) is 61.5 Å². The average molecular weight is 411 g/mol. The standard InChI is InChI=1S/C16H9Cl5O2/c1-7(2)16(22)23-15-10(3-8(17)6-13(15)21)14-11(19)4-9(18)5-12(14)20/h3-6H,1H2,2H3. The Morgan fingerprint density at radius 2 is 1.39 bits per heavy atom. The molecule has 2 aromatic rings. The van der Waals surface area contributed by atoms with Crippen LogP contribution in [0.25, 0.3) is 11.1 Å². The summed E-state index contributed by atoms with van der Waals surface area (Å²) >= 11 is 30.6. The molecular formula is C16H9Cl5O2. The van der Waals surface area contributed by atoms with Gasteiger partial charge in [-0.15, -0.1) is 0 Å². The summed E-state index contributed by atoms with van der Waals surface area (Å²) in [6.45, 7) is 5.06. The van der Waals surface area contributed by atoms with Gasteiger partial charge in [-0.2, -0.15) is 0 Å². The Labute approximate surface area is 158 Å². The third-order valence-electron chi connectivity index (χ3n) is 2.83. The van der Waals surface area contributed by atoms with Gasteiger partial charge in [0.05, 0.1) is 15.1 Å². The molecule has 2 aromatic carbocycles. The van der Waals surface area contributed by atoms with Gasteiger partial charge in [0.2, 0.25) is 0 Å². The maximum atomic E-state index is 11.9. The third kappa shape index (κ3) is 4.14. The SMILES string of the molecule is C=C(C)C(=O)Oc1c(Cl)cc(Cl)cc1-c1c(Cl)cc(Cl)cc1Cl. The van der Waals surface area contributed by atoms with Gasteiger partial charge in [-0.25, -0.2) is 4.79 Å². The normalized spacial score (nSPS) is 10.5. The van der Waals surface area contributed by atoms with E-state index >= 15 is 0 Å². The second-order valence-electron chi connectivity index (χ2n) is 4.68. The summed E-state index contributed by atoms with van der Waals surface area (Å²) in [7, 11) is 0. The molecule has 0 heterocycles. The maximum Gasteiger partial charge on any atom is 0.338 e. The number of esters is 1. The van der Waals surface area contributed by atoms with Crippen LogP contribution in [0.5, 0.6) is 5.75 Å². The smallest absolute Gasteiger partial charge is 0.338 e. The van der Waals surface area contributed by atoms with Crippen LogP contribution in [0.1, 0.15) is 6.92 Å². The van der Waals surface area contributed by atoms with E-state index in [1.54, 1.807) is 6.07 Å². The number of hydrogen-bond acceptors (Lipinski definition) is 2. The van der Waals surface area contributed by atoms with Gasteiger partial charge in [0.1, 0.15) is 0 Å². The average Bonchev–Trinajstić information content (AvgIpc) is 2.40. The molecule has 23 heavy (non-hydrogen) atoms. The lowest BCUT2D eigenvalue weighted by Crippen LogP contribution is -2.09. The van der Waals surface area contributed by atoms with E-state index in [0.29, 0.717) is 21.2 Å². The molecule has 0 aliphatic carbocycles. The predicted octanol–water partition coefficient (Wildman–Crippen LogP) is 7.10. The van der Waals surface area contributed by atoms with E-state index in [1.807, 2.05) is 0 Å². The minimum absolute atomic E-state index is 0.0928. The lowest BCUT2D eigenvalue weighted by molar-refractivity contribution is -0.130. The first kappa shape index (κ1) is 18.4. The molecule has 2 rings (SSSR count). The Morgan fingerprint density at radius 1 is 0.913 bits per heavy atom. The molecule has 2 nitrogen and oxygen atoms in total. The van der Waals surface area contributed by atoms with Crippen molar-refractivity contribution < 1.29 is 9.53 Å². The van der Waals surface area contributed by atoms with Crippen LogP contribution in [0.3, 0.4) is 0 Å². The third-order valence-corrected chi connectivity index (χ3v) is 4.14. The van der Waals surface area contributed by atoms with Crippen LogP contribution < -0.4 is 4.74 Å². The highest BCUT2D eigenvalue weighted by Gasteiger charge is 2.20. The highest BCUT2D eigenvalue weighted by atomic mass is 35.5. The summed E-state index contributed by atoms with van der Waals surface area (Å²) < 4.78 is 5.31. The van der Waals surface area contributed by atoms with Crippen LogP contribution in [-0.2, 0) is 4.79 Å². The lowest BCUT2D eigenvalue weighted by atomic mass is 10.0. The zero-order valence-corrected chi connectivity index (χ0v) is 15.5. The van der Waals surface area contributed by atoms with Crippen molar-refractivity contribution in [2.75, 3.05) is 0 Å². The summed E-state index contributed by atoms with van der Waals surface area (Å²) in [6.07, 6.45) is 0. The molecule has 0 bridgehead atoms. The molecule has 0 amide bonds. The first-order valence-electron chi connectivity index (χ1n) is 6.22. The van der Waals surface area contributed by atoms with Crippen LogP contribution >= 0.6 is 58.0 Å². The van der Waals surface area contributed by atoms with Crippen molar-refractivity contribution in [1.82, 2.24) is 0 Å². The summed E-state index contributed by atoms with van der Waals surface area (Å²) in [4.78, 5) is 11.9. The molecule has 0 radical (unpaired) electrons. The van der Waals surface area contributed by atoms with Crippen molar-refractivity contribution in [3.8, 4) is 16.9 Å². The summed E-state index contributed by atoms with van der Waals surface area (Å²) in [6, 6.07) is 6.04. The van der Waals surface area contributed by atoms with Gasteiger partial charge < -0.3 is 4.74 Å². The zero-order valence-electron chi connectivity index (χ0n) is 11.7.